The fourth-order valence-corrected chi connectivity index (χ4v) is 4.78. The number of imidazole rings is 1. The number of benzene rings is 1. The molecule has 8 heteroatoms. The van der Waals surface area contributed by atoms with Crippen LogP contribution in [0, 0.1) is 5.41 Å². The smallest absolute Gasteiger partial charge is 0.270 e. The molecule has 2 N–H and O–H groups in total. The first-order valence-electron chi connectivity index (χ1n) is 10.4. The van der Waals surface area contributed by atoms with Gasteiger partial charge in [0.15, 0.2) is 5.78 Å². The Kier molecular flexibility index (Phi) is 5.64. The molecule has 0 bridgehead atoms. The number of ketones is 1. The second-order valence-electron chi connectivity index (χ2n) is 8.12. The van der Waals surface area contributed by atoms with E-state index in [-0.39, 0.29) is 40.4 Å². The van der Waals surface area contributed by atoms with Gasteiger partial charge in [-0.2, -0.15) is 0 Å². The molecule has 7 nitrogen and oxygen atoms in total. The summed E-state index contributed by atoms with van der Waals surface area (Å²) < 4.78 is 0. The molecule has 30 heavy (non-hydrogen) atoms. The third-order valence-electron chi connectivity index (χ3n) is 6.36. The topological polar surface area (TPSA) is 95.2 Å². The summed E-state index contributed by atoms with van der Waals surface area (Å²) in [6.45, 7) is 2.43. The summed E-state index contributed by atoms with van der Waals surface area (Å²) in [6.07, 6.45) is 5.40. The molecule has 0 radical (unpaired) electrons. The highest BCUT2D eigenvalue weighted by Crippen LogP contribution is 2.46. The summed E-state index contributed by atoms with van der Waals surface area (Å²) in [5, 5.41) is 3.63. The van der Waals surface area contributed by atoms with E-state index < -0.39 is 0 Å². The lowest BCUT2D eigenvalue weighted by Gasteiger charge is -2.36. The van der Waals surface area contributed by atoms with Crippen molar-refractivity contribution >= 4 is 34.9 Å². The highest BCUT2D eigenvalue weighted by Gasteiger charge is 2.48. The molecular weight excluding hydrogens is 404 g/mol. The Morgan fingerprint density at radius 1 is 1.30 bits per heavy atom. The molecule has 2 aliphatic rings. The van der Waals surface area contributed by atoms with E-state index in [1.54, 1.807) is 13.0 Å². The zero-order valence-electron chi connectivity index (χ0n) is 16.9. The van der Waals surface area contributed by atoms with Crippen LogP contribution in [-0.2, 0) is 4.79 Å². The minimum absolute atomic E-state index is 0.0241. The number of anilines is 1. The summed E-state index contributed by atoms with van der Waals surface area (Å²) in [7, 11) is 0. The molecule has 1 saturated carbocycles. The first-order valence-corrected chi connectivity index (χ1v) is 10.8. The molecule has 0 unspecified atom stereocenters. The van der Waals surface area contributed by atoms with Crippen LogP contribution in [0.4, 0.5) is 5.69 Å². The Hall–Kier alpha value is -2.67. The minimum Gasteiger partial charge on any atom is -0.348 e. The number of Topliss-reactive ketones (excluding diaryl/α,β-unsaturated/α-hetero) is 1. The lowest BCUT2D eigenvalue weighted by molar-refractivity contribution is -0.127. The van der Waals surface area contributed by atoms with E-state index in [2.05, 4.69) is 15.3 Å². The van der Waals surface area contributed by atoms with Gasteiger partial charge in [0, 0.05) is 29.7 Å². The molecule has 1 aromatic heterocycles. The monoisotopic (exact) mass is 428 g/mol. The number of carbonyl (C=O) groups is 3. The second kappa shape index (κ2) is 8.22. The Labute approximate surface area is 180 Å². The number of halogens is 1. The fraction of sp³-hybridized carbons (Fsp3) is 0.455. The quantitative estimate of drug-likeness (QED) is 0.709. The van der Waals surface area contributed by atoms with E-state index in [0.29, 0.717) is 18.0 Å². The van der Waals surface area contributed by atoms with Gasteiger partial charge in [-0.15, -0.1) is 0 Å². The average Bonchev–Trinajstić information content (AvgIpc) is 3.35. The number of nitrogens with zero attached hydrogens (tertiary/aromatic N) is 2. The largest absolute Gasteiger partial charge is 0.348 e. The predicted molar refractivity (Wildman–Crippen MR) is 114 cm³/mol. The second-order valence-corrected chi connectivity index (χ2v) is 8.55. The minimum atomic E-state index is -0.360. The van der Waals surface area contributed by atoms with Crippen molar-refractivity contribution in [2.45, 2.75) is 51.5 Å². The number of amides is 2. The first kappa shape index (κ1) is 20.6. The molecule has 1 spiro atoms. The molecule has 1 aliphatic heterocycles. The summed E-state index contributed by atoms with van der Waals surface area (Å²) in [6, 6.07) is 7.37. The summed E-state index contributed by atoms with van der Waals surface area (Å²) in [5.74, 6) is -0.329. The molecule has 2 fully saturated rings. The van der Waals surface area contributed by atoms with Crippen LogP contribution in [0.2, 0.25) is 5.02 Å². The number of aromatic amines is 1. The van der Waals surface area contributed by atoms with Crippen LogP contribution >= 0.6 is 11.6 Å². The summed E-state index contributed by atoms with van der Waals surface area (Å²) >= 11 is 6.09. The van der Waals surface area contributed by atoms with E-state index in [1.807, 2.05) is 23.1 Å². The van der Waals surface area contributed by atoms with Gasteiger partial charge in [0.1, 0.15) is 11.4 Å². The van der Waals surface area contributed by atoms with Gasteiger partial charge in [0.05, 0.1) is 11.7 Å². The van der Waals surface area contributed by atoms with Crippen molar-refractivity contribution in [1.82, 2.24) is 15.3 Å². The van der Waals surface area contributed by atoms with Crippen molar-refractivity contribution in [1.29, 1.82) is 0 Å². The molecular formula is C22H25ClN4O3. The van der Waals surface area contributed by atoms with Crippen molar-refractivity contribution in [2.24, 2.45) is 5.41 Å². The highest BCUT2D eigenvalue weighted by molar-refractivity contribution is 6.31. The maximum absolute atomic E-state index is 13.2. The third kappa shape index (κ3) is 3.74. The summed E-state index contributed by atoms with van der Waals surface area (Å²) in [4.78, 5) is 46.4. The standard InChI is InChI=1S/C22H25ClN4O3/c1-2-17(28)18-19(25-13-24-18)20(29)26-15-6-8-22(9-7-15)10-11-27(21(22)30)16-5-3-4-14(23)12-16/h3-5,12-13,15H,2,6-11H2,1H3,(H,24,25)(H,26,29). The van der Waals surface area contributed by atoms with Crippen LogP contribution in [-0.4, -0.2) is 40.2 Å². The van der Waals surface area contributed by atoms with Gasteiger partial charge in [-0.25, -0.2) is 4.98 Å². The number of rotatable bonds is 5. The molecule has 4 rings (SSSR count). The summed E-state index contributed by atoms with van der Waals surface area (Å²) in [5.41, 5.74) is 0.879. The molecule has 2 aromatic rings. The van der Waals surface area contributed by atoms with Gasteiger partial charge in [0.25, 0.3) is 5.91 Å². The van der Waals surface area contributed by atoms with Crippen molar-refractivity contribution in [3.8, 4) is 0 Å². The van der Waals surface area contributed by atoms with Gasteiger partial charge in [0.2, 0.25) is 5.91 Å². The number of carbonyl (C=O) groups excluding carboxylic acids is 3. The van der Waals surface area contributed by atoms with Gasteiger partial charge >= 0.3 is 0 Å². The van der Waals surface area contributed by atoms with E-state index in [0.717, 1.165) is 37.8 Å². The van der Waals surface area contributed by atoms with Crippen LogP contribution in [0.1, 0.15) is 66.4 Å². The normalized spacial score (nSPS) is 23.7. The van der Waals surface area contributed by atoms with Crippen LogP contribution in [0.5, 0.6) is 0 Å². The molecule has 158 valence electrons. The molecule has 2 heterocycles. The molecule has 1 saturated heterocycles. The van der Waals surface area contributed by atoms with Gasteiger partial charge < -0.3 is 15.2 Å². The van der Waals surface area contributed by atoms with E-state index in [1.165, 1.54) is 6.33 Å². The Balaban J connectivity index is 1.38. The predicted octanol–water partition coefficient (Wildman–Crippen LogP) is 3.75. The maximum Gasteiger partial charge on any atom is 0.270 e. The zero-order valence-corrected chi connectivity index (χ0v) is 17.7. The molecule has 1 aliphatic carbocycles. The number of nitrogens with one attached hydrogen (secondary N) is 2. The van der Waals surface area contributed by atoms with Crippen LogP contribution < -0.4 is 10.2 Å². The number of H-pyrrole nitrogens is 1. The van der Waals surface area contributed by atoms with Gasteiger partial charge in [-0.3, -0.25) is 14.4 Å². The first-order chi connectivity index (χ1) is 14.4. The van der Waals surface area contributed by atoms with Crippen molar-refractivity contribution in [3.05, 3.63) is 47.0 Å². The third-order valence-corrected chi connectivity index (χ3v) is 6.60. The maximum atomic E-state index is 13.2. The average molecular weight is 429 g/mol. The van der Waals surface area contributed by atoms with Crippen LogP contribution in [0.15, 0.2) is 30.6 Å². The Morgan fingerprint density at radius 3 is 2.77 bits per heavy atom. The van der Waals surface area contributed by atoms with E-state index in [9.17, 15) is 14.4 Å². The van der Waals surface area contributed by atoms with Crippen LogP contribution in [0.3, 0.4) is 0 Å². The molecule has 0 atom stereocenters. The van der Waals surface area contributed by atoms with Crippen molar-refractivity contribution in [3.63, 3.8) is 0 Å². The Morgan fingerprint density at radius 2 is 2.07 bits per heavy atom. The number of hydrogen-bond acceptors (Lipinski definition) is 4. The molecule has 2 amide bonds. The SMILES string of the molecule is CCC(=O)c1nc[nH]c1C(=O)NC1CCC2(CC1)CCN(c1cccc(Cl)c1)C2=O. The van der Waals surface area contributed by atoms with E-state index in [4.69, 9.17) is 11.6 Å². The zero-order chi connectivity index (χ0) is 21.3. The number of hydrogen-bond donors (Lipinski definition) is 2. The van der Waals surface area contributed by atoms with Gasteiger partial charge in [-0.1, -0.05) is 24.6 Å². The number of aromatic nitrogens is 2. The van der Waals surface area contributed by atoms with Crippen molar-refractivity contribution in [2.75, 3.05) is 11.4 Å². The highest BCUT2D eigenvalue weighted by atomic mass is 35.5. The van der Waals surface area contributed by atoms with Gasteiger partial charge in [-0.05, 0) is 50.3 Å². The lowest BCUT2D eigenvalue weighted by Crippen LogP contribution is -2.44. The lowest BCUT2D eigenvalue weighted by atomic mass is 9.71. The fourth-order valence-electron chi connectivity index (χ4n) is 4.59. The molecule has 1 aromatic carbocycles. The Bertz CT molecular complexity index is 978. The van der Waals surface area contributed by atoms with E-state index >= 15 is 0 Å². The van der Waals surface area contributed by atoms with Crippen LogP contribution in [0.25, 0.3) is 0 Å². The van der Waals surface area contributed by atoms with Crippen molar-refractivity contribution < 1.29 is 14.4 Å².